The summed E-state index contributed by atoms with van der Waals surface area (Å²) in [4.78, 5) is 20.8. The van der Waals surface area contributed by atoms with Crippen molar-refractivity contribution in [1.29, 1.82) is 0 Å². The lowest BCUT2D eigenvalue weighted by atomic mass is 9.79. The van der Waals surface area contributed by atoms with Gasteiger partial charge in [-0.1, -0.05) is 44.2 Å². The number of hydrogen-bond acceptors (Lipinski definition) is 6. The van der Waals surface area contributed by atoms with Crippen molar-refractivity contribution in [2.75, 3.05) is 0 Å². The van der Waals surface area contributed by atoms with Crippen LogP contribution in [0.4, 0.5) is 11.4 Å². The number of hydrogen-bond donors (Lipinski definition) is 0. The zero-order chi connectivity index (χ0) is 23.4. The lowest BCUT2D eigenvalue weighted by Gasteiger charge is -2.32. The van der Waals surface area contributed by atoms with Crippen molar-refractivity contribution in [3.05, 3.63) is 73.8 Å². The molecule has 1 heterocycles. The second-order valence-corrected chi connectivity index (χ2v) is 7.85. The topological polar surface area (TPSA) is 105 Å². The van der Waals surface area contributed by atoms with Gasteiger partial charge in [-0.25, -0.2) is 0 Å². The zero-order valence-corrected chi connectivity index (χ0v) is 18.6. The Kier molecular flexibility index (Phi) is 7.35. The molecule has 0 N–H and O–H groups in total. The Morgan fingerprint density at radius 2 is 1.39 bits per heavy atom. The third-order valence-corrected chi connectivity index (χ3v) is 5.34. The van der Waals surface area contributed by atoms with Crippen molar-refractivity contribution < 1.29 is 19.2 Å². The highest BCUT2D eigenvalue weighted by atomic mass is 16.7. The van der Waals surface area contributed by atoms with E-state index in [1.54, 1.807) is 12.2 Å². The first-order chi connectivity index (χ1) is 14.5. The molecule has 1 fully saturated rings. The maximum atomic E-state index is 11.2. The van der Waals surface area contributed by atoms with Gasteiger partial charge < -0.3 is 9.31 Å². The molecule has 0 aromatic heterocycles. The third kappa shape index (κ3) is 5.37. The summed E-state index contributed by atoms with van der Waals surface area (Å²) in [5, 5.41) is 22.1. The molecule has 8 nitrogen and oxygen atoms in total. The quantitative estimate of drug-likeness (QED) is 0.288. The molecule has 0 unspecified atom stereocenters. The van der Waals surface area contributed by atoms with E-state index in [9.17, 15) is 20.2 Å². The van der Waals surface area contributed by atoms with Gasteiger partial charge in [0.15, 0.2) is 0 Å². The molecule has 0 aliphatic carbocycles. The number of nitro benzene ring substituents is 2. The summed E-state index contributed by atoms with van der Waals surface area (Å²) in [5.74, 6) is 0. The first-order valence-corrected chi connectivity index (χ1v) is 10.1. The summed E-state index contributed by atoms with van der Waals surface area (Å²) < 4.78 is 12.0. The Bertz CT molecular complexity index is 970. The Morgan fingerprint density at radius 3 is 1.87 bits per heavy atom. The van der Waals surface area contributed by atoms with E-state index in [-0.39, 0.29) is 16.9 Å². The highest BCUT2D eigenvalue weighted by molar-refractivity contribution is 6.62. The van der Waals surface area contributed by atoms with E-state index in [0.717, 1.165) is 17.1 Å². The SMILES string of the molecule is CC.CC1(C)OB(c2ccc(/C=C/c3ccc([N+](=O)[O-])cc3[N+](=O)[O-])cc2)OC1(C)C. The van der Waals surface area contributed by atoms with Gasteiger partial charge in [-0.3, -0.25) is 20.2 Å². The molecule has 0 spiro atoms. The van der Waals surface area contributed by atoms with Crippen LogP contribution in [0.1, 0.15) is 52.7 Å². The summed E-state index contributed by atoms with van der Waals surface area (Å²) in [5.41, 5.74) is 0.497. The van der Waals surface area contributed by atoms with Gasteiger partial charge in [-0.05, 0) is 50.9 Å². The lowest BCUT2D eigenvalue weighted by molar-refractivity contribution is -0.394. The van der Waals surface area contributed by atoms with Crippen LogP contribution in [0.25, 0.3) is 12.2 Å². The smallest absolute Gasteiger partial charge is 0.399 e. The molecule has 0 radical (unpaired) electrons. The first kappa shape index (κ1) is 24.2. The fourth-order valence-electron chi connectivity index (χ4n) is 2.87. The molecule has 1 aliphatic rings. The molecule has 31 heavy (non-hydrogen) atoms. The Morgan fingerprint density at radius 1 is 0.839 bits per heavy atom. The first-order valence-electron chi connectivity index (χ1n) is 10.1. The number of non-ortho nitro benzene ring substituents is 1. The Hall–Kier alpha value is -3.04. The van der Waals surface area contributed by atoms with Crippen LogP contribution in [0.2, 0.25) is 0 Å². The largest absolute Gasteiger partial charge is 0.494 e. The molecule has 164 valence electrons. The van der Waals surface area contributed by atoms with E-state index in [4.69, 9.17) is 9.31 Å². The van der Waals surface area contributed by atoms with Gasteiger partial charge in [0.2, 0.25) is 0 Å². The molecule has 0 bridgehead atoms. The number of nitrogens with zero attached hydrogens (tertiary/aromatic N) is 2. The van der Waals surface area contributed by atoms with Crippen molar-refractivity contribution in [2.45, 2.75) is 52.7 Å². The molecule has 9 heteroatoms. The molecule has 2 aromatic carbocycles. The monoisotopic (exact) mass is 426 g/mol. The van der Waals surface area contributed by atoms with Crippen molar-refractivity contribution >= 4 is 36.1 Å². The van der Waals surface area contributed by atoms with Crippen LogP contribution in [0, 0.1) is 20.2 Å². The van der Waals surface area contributed by atoms with E-state index < -0.39 is 28.2 Å². The predicted octanol–water partition coefficient (Wildman–Crippen LogP) is 5.00. The fraction of sp³-hybridized carbons (Fsp3) is 0.364. The molecule has 1 aliphatic heterocycles. The summed E-state index contributed by atoms with van der Waals surface area (Å²) in [6.07, 6.45) is 3.27. The van der Waals surface area contributed by atoms with E-state index in [1.807, 2.05) is 65.8 Å². The van der Waals surface area contributed by atoms with Crippen LogP contribution in [0.15, 0.2) is 42.5 Å². The molecular formula is C22H27BN2O6. The third-order valence-electron chi connectivity index (χ3n) is 5.34. The molecule has 2 aromatic rings. The average molecular weight is 426 g/mol. The van der Waals surface area contributed by atoms with E-state index in [0.29, 0.717) is 0 Å². The minimum Gasteiger partial charge on any atom is -0.399 e. The van der Waals surface area contributed by atoms with Gasteiger partial charge in [-0.15, -0.1) is 0 Å². The molecule has 3 rings (SSSR count). The van der Waals surface area contributed by atoms with Gasteiger partial charge in [-0.2, -0.15) is 0 Å². The summed E-state index contributed by atoms with van der Waals surface area (Å²) in [7, 11) is -0.464. The standard InChI is InChI=1S/C20H21BN2O6.C2H6/c1-19(2)20(3,4)29-21(28-19)16-10-6-14(7-11-16)5-8-15-9-12-17(22(24)25)13-18(15)23(26)27;1-2/h5-13H,1-4H3;1-2H3/b8-5+;. The van der Waals surface area contributed by atoms with E-state index >= 15 is 0 Å². The molecule has 0 amide bonds. The van der Waals surface area contributed by atoms with Crippen LogP contribution >= 0.6 is 0 Å². The minimum atomic E-state index is -0.658. The number of nitro groups is 2. The van der Waals surface area contributed by atoms with Crippen LogP contribution in [-0.4, -0.2) is 28.2 Å². The van der Waals surface area contributed by atoms with Crippen molar-refractivity contribution in [1.82, 2.24) is 0 Å². The molecule has 1 saturated heterocycles. The van der Waals surface area contributed by atoms with Gasteiger partial charge >= 0.3 is 7.12 Å². The van der Waals surface area contributed by atoms with Crippen LogP contribution in [0.3, 0.4) is 0 Å². The summed E-state index contributed by atoms with van der Waals surface area (Å²) in [6.45, 7) is 11.9. The molecule has 0 saturated carbocycles. The van der Waals surface area contributed by atoms with Gasteiger partial charge in [0, 0.05) is 6.07 Å². The summed E-state index contributed by atoms with van der Waals surface area (Å²) >= 11 is 0. The van der Waals surface area contributed by atoms with Crippen LogP contribution < -0.4 is 5.46 Å². The van der Waals surface area contributed by atoms with Gasteiger partial charge in [0.1, 0.15) is 0 Å². The number of rotatable bonds is 5. The second-order valence-electron chi connectivity index (χ2n) is 7.85. The molecule has 0 atom stereocenters. The second kappa shape index (κ2) is 9.41. The average Bonchev–Trinajstić information content (AvgIpc) is 2.95. The van der Waals surface area contributed by atoms with E-state index in [1.165, 1.54) is 12.1 Å². The minimum absolute atomic E-state index is 0.288. The van der Waals surface area contributed by atoms with Crippen molar-refractivity contribution in [3.8, 4) is 0 Å². The predicted molar refractivity (Wildman–Crippen MR) is 122 cm³/mol. The van der Waals surface area contributed by atoms with Crippen molar-refractivity contribution in [3.63, 3.8) is 0 Å². The Labute approximate surface area is 182 Å². The summed E-state index contributed by atoms with van der Waals surface area (Å²) in [6, 6.07) is 11.0. The number of benzene rings is 2. The van der Waals surface area contributed by atoms with Gasteiger partial charge in [0.25, 0.3) is 11.4 Å². The highest BCUT2D eigenvalue weighted by Crippen LogP contribution is 2.36. The Balaban J connectivity index is 0.00000166. The normalized spacial score (nSPS) is 16.6. The van der Waals surface area contributed by atoms with Crippen molar-refractivity contribution in [2.24, 2.45) is 0 Å². The highest BCUT2D eigenvalue weighted by Gasteiger charge is 2.51. The van der Waals surface area contributed by atoms with Gasteiger partial charge in [0.05, 0.1) is 32.7 Å². The van der Waals surface area contributed by atoms with E-state index in [2.05, 4.69) is 0 Å². The molecular weight excluding hydrogens is 399 g/mol. The van der Waals surface area contributed by atoms with Crippen LogP contribution in [-0.2, 0) is 9.31 Å². The maximum Gasteiger partial charge on any atom is 0.494 e. The zero-order valence-electron chi connectivity index (χ0n) is 18.6. The van der Waals surface area contributed by atoms with Crippen LogP contribution in [0.5, 0.6) is 0 Å². The maximum absolute atomic E-state index is 11.2. The lowest BCUT2D eigenvalue weighted by Crippen LogP contribution is -2.41. The fourth-order valence-corrected chi connectivity index (χ4v) is 2.87.